The summed E-state index contributed by atoms with van der Waals surface area (Å²) in [6.07, 6.45) is 0. The van der Waals surface area contributed by atoms with Gasteiger partial charge >= 0.3 is 0 Å². The zero-order valence-corrected chi connectivity index (χ0v) is 12.0. The molecule has 0 aromatic heterocycles. The van der Waals surface area contributed by atoms with Gasteiger partial charge in [-0.25, -0.2) is 4.39 Å². The summed E-state index contributed by atoms with van der Waals surface area (Å²) in [4.78, 5) is 0.905. The highest BCUT2D eigenvalue weighted by Crippen LogP contribution is 2.37. The van der Waals surface area contributed by atoms with Gasteiger partial charge < -0.3 is 5.73 Å². The van der Waals surface area contributed by atoms with Crippen molar-refractivity contribution >= 4 is 11.8 Å². The number of rotatable bonds is 4. The third-order valence-corrected chi connectivity index (χ3v) is 4.42. The molecule has 2 aromatic rings. The van der Waals surface area contributed by atoms with Crippen molar-refractivity contribution in [3.63, 3.8) is 0 Å². The van der Waals surface area contributed by atoms with Crippen molar-refractivity contribution < 1.29 is 4.39 Å². The van der Waals surface area contributed by atoms with Crippen molar-refractivity contribution in [2.75, 3.05) is 0 Å². The standard InChI is InChI=1S/C16H18FNS/c1-11-6-8-13(9-7-11)16(12(2)18)19-15-5-3-4-14(17)10-15/h3-10,12,16H,18H2,1-2H3. The molecule has 2 aromatic carbocycles. The molecule has 0 heterocycles. The van der Waals surface area contributed by atoms with Crippen LogP contribution in [0.3, 0.4) is 0 Å². The van der Waals surface area contributed by atoms with Gasteiger partial charge in [0.05, 0.1) is 0 Å². The molecule has 0 saturated carbocycles. The highest BCUT2D eigenvalue weighted by molar-refractivity contribution is 7.99. The van der Waals surface area contributed by atoms with Crippen LogP contribution in [0.25, 0.3) is 0 Å². The van der Waals surface area contributed by atoms with E-state index in [0.717, 1.165) is 4.90 Å². The first-order valence-electron chi connectivity index (χ1n) is 6.30. The average Bonchev–Trinajstić information content (AvgIpc) is 2.37. The molecule has 2 N–H and O–H groups in total. The molecule has 1 nitrogen and oxygen atoms in total. The van der Waals surface area contributed by atoms with Crippen molar-refractivity contribution in [3.8, 4) is 0 Å². The first kappa shape index (κ1) is 14.1. The van der Waals surface area contributed by atoms with Crippen LogP contribution >= 0.6 is 11.8 Å². The van der Waals surface area contributed by atoms with Crippen molar-refractivity contribution in [1.82, 2.24) is 0 Å². The third-order valence-electron chi connectivity index (χ3n) is 2.94. The van der Waals surface area contributed by atoms with E-state index in [4.69, 9.17) is 5.73 Å². The van der Waals surface area contributed by atoms with Crippen molar-refractivity contribution in [2.24, 2.45) is 5.73 Å². The van der Waals surface area contributed by atoms with Crippen molar-refractivity contribution in [2.45, 2.75) is 30.0 Å². The molecule has 0 aliphatic rings. The van der Waals surface area contributed by atoms with E-state index in [1.807, 2.05) is 13.0 Å². The van der Waals surface area contributed by atoms with Crippen LogP contribution in [0.1, 0.15) is 23.3 Å². The highest BCUT2D eigenvalue weighted by atomic mass is 32.2. The third kappa shape index (κ3) is 3.82. The second-order valence-electron chi connectivity index (χ2n) is 4.77. The Morgan fingerprint density at radius 2 is 1.79 bits per heavy atom. The van der Waals surface area contributed by atoms with Gasteiger partial charge in [-0.15, -0.1) is 11.8 Å². The lowest BCUT2D eigenvalue weighted by Gasteiger charge is -2.21. The molecule has 0 radical (unpaired) electrons. The van der Waals surface area contributed by atoms with E-state index in [9.17, 15) is 4.39 Å². The van der Waals surface area contributed by atoms with Gasteiger partial charge in [-0.3, -0.25) is 0 Å². The molecular weight excluding hydrogens is 257 g/mol. The molecule has 0 aliphatic carbocycles. The van der Waals surface area contributed by atoms with E-state index in [2.05, 4.69) is 31.2 Å². The van der Waals surface area contributed by atoms with E-state index in [-0.39, 0.29) is 17.1 Å². The Kier molecular flexibility index (Phi) is 4.61. The molecule has 19 heavy (non-hydrogen) atoms. The summed E-state index contributed by atoms with van der Waals surface area (Å²) in [7, 11) is 0. The molecule has 0 saturated heterocycles. The molecule has 0 fully saturated rings. The van der Waals surface area contributed by atoms with Crippen LogP contribution < -0.4 is 5.73 Å². The van der Waals surface area contributed by atoms with Gasteiger partial charge in [0.15, 0.2) is 0 Å². The summed E-state index contributed by atoms with van der Waals surface area (Å²) in [5, 5.41) is 0.127. The zero-order valence-electron chi connectivity index (χ0n) is 11.1. The monoisotopic (exact) mass is 275 g/mol. The van der Waals surface area contributed by atoms with Crippen molar-refractivity contribution in [3.05, 3.63) is 65.5 Å². The van der Waals surface area contributed by atoms with Crippen LogP contribution in [0.15, 0.2) is 53.4 Å². The SMILES string of the molecule is Cc1ccc(C(Sc2cccc(F)c2)C(C)N)cc1. The van der Waals surface area contributed by atoms with Crippen LogP contribution in [0.5, 0.6) is 0 Å². The number of thioether (sulfide) groups is 1. The predicted molar refractivity (Wildman–Crippen MR) is 79.8 cm³/mol. The second kappa shape index (κ2) is 6.22. The quantitative estimate of drug-likeness (QED) is 0.841. The van der Waals surface area contributed by atoms with Gasteiger partial charge in [0, 0.05) is 16.2 Å². The van der Waals surface area contributed by atoms with Crippen LogP contribution in [0.4, 0.5) is 4.39 Å². The van der Waals surface area contributed by atoms with Crippen LogP contribution in [0.2, 0.25) is 0 Å². The summed E-state index contributed by atoms with van der Waals surface area (Å²) >= 11 is 1.60. The second-order valence-corrected chi connectivity index (χ2v) is 5.98. The van der Waals surface area contributed by atoms with Crippen LogP contribution in [0, 0.1) is 12.7 Å². The Hall–Kier alpha value is -1.32. The summed E-state index contributed by atoms with van der Waals surface area (Å²) in [5.74, 6) is -0.211. The Balaban J connectivity index is 2.23. The average molecular weight is 275 g/mol. The normalized spacial score (nSPS) is 14.1. The summed E-state index contributed by atoms with van der Waals surface area (Å²) in [6, 6.07) is 15.0. The van der Waals surface area contributed by atoms with E-state index < -0.39 is 0 Å². The lowest BCUT2D eigenvalue weighted by Crippen LogP contribution is -2.22. The Morgan fingerprint density at radius 3 is 2.37 bits per heavy atom. The Labute approximate surface area is 118 Å². The maximum absolute atomic E-state index is 13.2. The number of halogens is 1. The molecule has 0 spiro atoms. The minimum Gasteiger partial charge on any atom is -0.327 e. The molecule has 2 atom stereocenters. The Bertz CT molecular complexity index is 537. The van der Waals surface area contributed by atoms with E-state index in [1.54, 1.807) is 23.9 Å². The van der Waals surface area contributed by atoms with Gasteiger partial charge in [0.1, 0.15) is 5.82 Å². The van der Waals surface area contributed by atoms with Crippen LogP contribution in [-0.2, 0) is 0 Å². The lowest BCUT2D eigenvalue weighted by molar-refractivity contribution is 0.624. The molecule has 0 amide bonds. The first-order valence-corrected chi connectivity index (χ1v) is 7.18. The maximum atomic E-state index is 13.2. The summed E-state index contributed by atoms with van der Waals surface area (Å²) < 4.78 is 13.2. The predicted octanol–water partition coefficient (Wildman–Crippen LogP) is 4.31. The van der Waals surface area contributed by atoms with Gasteiger partial charge in [-0.1, -0.05) is 35.9 Å². The molecule has 3 heteroatoms. The summed E-state index contributed by atoms with van der Waals surface area (Å²) in [5.41, 5.74) is 8.48. The lowest BCUT2D eigenvalue weighted by atomic mass is 10.1. The van der Waals surface area contributed by atoms with Gasteiger partial charge in [-0.2, -0.15) is 0 Å². The molecule has 2 unspecified atom stereocenters. The first-order chi connectivity index (χ1) is 9.06. The number of benzene rings is 2. The minimum absolute atomic E-state index is 0.00373. The van der Waals surface area contributed by atoms with E-state index in [0.29, 0.717) is 0 Å². The number of nitrogens with two attached hydrogens (primary N) is 1. The minimum atomic E-state index is -0.211. The van der Waals surface area contributed by atoms with Gasteiger partial charge in [-0.05, 0) is 37.6 Å². The van der Waals surface area contributed by atoms with Crippen LogP contribution in [-0.4, -0.2) is 6.04 Å². The fourth-order valence-corrected chi connectivity index (χ4v) is 3.06. The number of hydrogen-bond acceptors (Lipinski definition) is 2. The zero-order chi connectivity index (χ0) is 13.8. The van der Waals surface area contributed by atoms with E-state index in [1.165, 1.54) is 17.2 Å². The topological polar surface area (TPSA) is 26.0 Å². The Morgan fingerprint density at radius 1 is 1.11 bits per heavy atom. The smallest absolute Gasteiger partial charge is 0.124 e. The molecule has 0 bridgehead atoms. The van der Waals surface area contributed by atoms with Gasteiger partial charge in [0.25, 0.3) is 0 Å². The maximum Gasteiger partial charge on any atom is 0.124 e. The van der Waals surface area contributed by atoms with E-state index >= 15 is 0 Å². The molecular formula is C16H18FNS. The number of aryl methyl sites for hydroxylation is 1. The van der Waals surface area contributed by atoms with Gasteiger partial charge in [0.2, 0.25) is 0 Å². The fraction of sp³-hybridized carbons (Fsp3) is 0.250. The van der Waals surface area contributed by atoms with Crippen molar-refractivity contribution in [1.29, 1.82) is 0 Å². The molecule has 100 valence electrons. The highest BCUT2D eigenvalue weighted by Gasteiger charge is 2.17. The fourth-order valence-electron chi connectivity index (χ4n) is 1.92. The summed E-state index contributed by atoms with van der Waals surface area (Å²) in [6.45, 7) is 4.04. The number of hydrogen-bond donors (Lipinski definition) is 1. The largest absolute Gasteiger partial charge is 0.327 e. The molecule has 2 rings (SSSR count). The molecule has 0 aliphatic heterocycles.